The van der Waals surface area contributed by atoms with Crippen LogP contribution in [0.4, 0.5) is 8.78 Å². The Bertz CT molecular complexity index is 391. The minimum Gasteiger partial charge on any atom is -0.496 e. The number of methoxy groups -OCH3 is 1. The van der Waals surface area contributed by atoms with Crippen molar-refractivity contribution in [1.82, 2.24) is 5.32 Å². The van der Waals surface area contributed by atoms with Gasteiger partial charge in [-0.1, -0.05) is 0 Å². The van der Waals surface area contributed by atoms with Gasteiger partial charge in [-0.05, 0) is 44.2 Å². The molecule has 1 aromatic rings. The summed E-state index contributed by atoms with van der Waals surface area (Å²) in [5.74, 6) is -2.61. The maximum Gasteiger partial charge on any atom is 0.278 e. The molecule has 0 bridgehead atoms. The molecular weight excluding hydrogens is 224 g/mol. The number of benzene rings is 1. The van der Waals surface area contributed by atoms with Gasteiger partial charge >= 0.3 is 0 Å². The van der Waals surface area contributed by atoms with E-state index in [9.17, 15) is 8.78 Å². The molecule has 0 aliphatic rings. The van der Waals surface area contributed by atoms with Gasteiger partial charge in [0.15, 0.2) is 0 Å². The zero-order chi connectivity index (χ0) is 13.1. The normalized spacial score (nSPS) is 11.6. The van der Waals surface area contributed by atoms with Crippen LogP contribution in [0.5, 0.6) is 5.75 Å². The van der Waals surface area contributed by atoms with Crippen molar-refractivity contribution in [3.05, 3.63) is 28.8 Å². The van der Waals surface area contributed by atoms with Crippen molar-refractivity contribution in [2.75, 3.05) is 20.7 Å². The van der Waals surface area contributed by atoms with E-state index in [4.69, 9.17) is 4.74 Å². The first-order valence-electron chi connectivity index (χ1n) is 5.60. The Morgan fingerprint density at radius 3 is 2.35 bits per heavy atom. The SMILES string of the molecule is CNCCC(F)(F)c1cc(C)c(C)cc1OC. The van der Waals surface area contributed by atoms with Crippen LogP contribution >= 0.6 is 0 Å². The van der Waals surface area contributed by atoms with Gasteiger partial charge in [-0.3, -0.25) is 0 Å². The van der Waals surface area contributed by atoms with Crippen molar-refractivity contribution in [3.63, 3.8) is 0 Å². The Morgan fingerprint density at radius 2 is 1.82 bits per heavy atom. The van der Waals surface area contributed by atoms with Gasteiger partial charge in [-0.2, -0.15) is 0 Å². The molecule has 0 heterocycles. The Hall–Kier alpha value is -1.16. The topological polar surface area (TPSA) is 21.3 Å². The number of hydrogen-bond acceptors (Lipinski definition) is 2. The molecule has 96 valence electrons. The average molecular weight is 243 g/mol. The van der Waals surface area contributed by atoms with Crippen LogP contribution in [-0.4, -0.2) is 20.7 Å². The molecule has 1 rings (SSSR count). The van der Waals surface area contributed by atoms with Gasteiger partial charge in [0.2, 0.25) is 0 Å². The average Bonchev–Trinajstić information content (AvgIpc) is 2.29. The molecule has 1 N–H and O–H groups in total. The van der Waals surface area contributed by atoms with Crippen LogP contribution < -0.4 is 10.1 Å². The lowest BCUT2D eigenvalue weighted by molar-refractivity contribution is -0.0144. The number of hydrogen-bond donors (Lipinski definition) is 1. The molecule has 0 aliphatic heterocycles. The quantitative estimate of drug-likeness (QED) is 0.858. The zero-order valence-electron chi connectivity index (χ0n) is 10.7. The third-order valence-corrected chi connectivity index (χ3v) is 2.90. The molecule has 0 aliphatic carbocycles. The maximum atomic E-state index is 14.0. The Balaban J connectivity index is 3.14. The monoisotopic (exact) mass is 243 g/mol. The first-order valence-corrected chi connectivity index (χ1v) is 5.60. The highest BCUT2D eigenvalue weighted by Crippen LogP contribution is 2.38. The van der Waals surface area contributed by atoms with Gasteiger partial charge in [0.05, 0.1) is 12.7 Å². The highest BCUT2D eigenvalue weighted by Gasteiger charge is 2.34. The van der Waals surface area contributed by atoms with E-state index < -0.39 is 5.92 Å². The number of aryl methyl sites for hydroxylation is 2. The van der Waals surface area contributed by atoms with Gasteiger partial charge < -0.3 is 10.1 Å². The fourth-order valence-electron chi connectivity index (χ4n) is 1.66. The molecule has 0 aromatic heterocycles. The number of nitrogens with one attached hydrogen (secondary N) is 1. The fourth-order valence-corrected chi connectivity index (χ4v) is 1.66. The molecule has 0 saturated heterocycles. The lowest BCUT2D eigenvalue weighted by Crippen LogP contribution is -2.21. The molecule has 0 saturated carbocycles. The van der Waals surface area contributed by atoms with E-state index in [2.05, 4.69) is 5.32 Å². The van der Waals surface area contributed by atoms with Crippen molar-refractivity contribution in [2.45, 2.75) is 26.2 Å². The van der Waals surface area contributed by atoms with E-state index in [-0.39, 0.29) is 24.3 Å². The number of rotatable bonds is 5. The van der Waals surface area contributed by atoms with Gasteiger partial charge in [-0.15, -0.1) is 0 Å². The second-order valence-electron chi connectivity index (χ2n) is 4.19. The molecule has 0 atom stereocenters. The summed E-state index contributed by atoms with van der Waals surface area (Å²) in [5.41, 5.74) is 1.78. The predicted molar refractivity (Wildman–Crippen MR) is 64.9 cm³/mol. The first-order chi connectivity index (χ1) is 7.92. The van der Waals surface area contributed by atoms with Crippen LogP contribution in [0.3, 0.4) is 0 Å². The lowest BCUT2D eigenvalue weighted by atomic mass is 9.98. The van der Waals surface area contributed by atoms with Crippen molar-refractivity contribution in [2.24, 2.45) is 0 Å². The molecule has 0 fully saturated rings. The van der Waals surface area contributed by atoms with Gasteiger partial charge in [0.1, 0.15) is 5.75 Å². The van der Waals surface area contributed by atoms with Crippen LogP contribution in [0.2, 0.25) is 0 Å². The molecule has 0 amide bonds. The molecule has 4 heteroatoms. The van der Waals surface area contributed by atoms with Crippen LogP contribution in [-0.2, 0) is 5.92 Å². The minimum absolute atomic E-state index is 0.0293. The highest BCUT2D eigenvalue weighted by atomic mass is 19.3. The van der Waals surface area contributed by atoms with Crippen molar-refractivity contribution in [3.8, 4) is 5.75 Å². The van der Waals surface area contributed by atoms with Gasteiger partial charge in [0.25, 0.3) is 5.92 Å². The summed E-state index contributed by atoms with van der Waals surface area (Å²) >= 11 is 0. The van der Waals surface area contributed by atoms with E-state index in [1.54, 1.807) is 13.1 Å². The summed E-state index contributed by atoms with van der Waals surface area (Å²) in [6.45, 7) is 3.98. The smallest absolute Gasteiger partial charge is 0.278 e. The molecule has 0 unspecified atom stereocenters. The first kappa shape index (κ1) is 13.9. The van der Waals surface area contributed by atoms with Crippen LogP contribution in [0, 0.1) is 13.8 Å². The van der Waals surface area contributed by atoms with Crippen LogP contribution in [0.25, 0.3) is 0 Å². The van der Waals surface area contributed by atoms with Crippen molar-refractivity contribution in [1.29, 1.82) is 0 Å². The summed E-state index contributed by atoms with van der Waals surface area (Å²) in [4.78, 5) is 0. The fraction of sp³-hybridized carbons (Fsp3) is 0.538. The van der Waals surface area contributed by atoms with Crippen LogP contribution in [0.15, 0.2) is 12.1 Å². The number of alkyl halides is 2. The van der Waals surface area contributed by atoms with Crippen molar-refractivity contribution >= 4 is 0 Å². The summed E-state index contributed by atoms with van der Waals surface area (Å²) in [7, 11) is 3.08. The number of ether oxygens (including phenoxy) is 1. The van der Waals surface area contributed by atoms with Crippen molar-refractivity contribution < 1.29 is 13.5 Å². The molecular formula is C13H19F2NO. The third kappa shape index (κ3) is 3.16. The maximum absolute atomic E-state index is 14.0. The van der Waals surface area contributed by atoms with E-state index in [0.717, 1.165) is 11.1 Å². The molecule has 0 radical (unpaired) electrons. The Morgan fingerprint density at radius 1 is 1.24 bits per heavy atom. The number of halogens is 2. The molecule has 0 spiro atoms. The summed E-state index contributed by atoms with van der Waals surface area (Å²) in [6, 6.07) is 3.18. The van der Waals surface area contributed by atoms with E-state index in [1.165, 1.54) is 13.2 Å². The van der Waals surface area contributed by atoms with Crippen LogP contribution in [0.1, 0.15) is 23.1 Å². The summed E-state index contributed by atoms with van der Waals surface area (Å²) in [6.07, 6.45) is -0.234. The molecule has 2 nitrogen and oxygen atoms in total. The Labute approximate surface area is 101 Å². The summed E-state index contributed by atoms with van der Waals surface area (Å²) < 4.78 is 33.0. The highest BCUT2D eigenvalue weighted by molar-refractivity contribution is 5.44. The zero-order valence-corrected chi connectivity index (χ0v) is 10.7. The second-order valence-corrected chi connectivity index (χ2v) is 4.19. The lowest BCUT2D eigenvalue weighted by Gasteiger charge is -2.20. The molecule has 17 heavy (non-hydrogen) atoms. The molecule has 1 aromatic carbocycles. The van der Waals surface area contributed by atoms with E-state index >= 15 is 0 Å². The van der Waals surface area contributed by atoms with E-state index in [1.807, 2.05) is 13.8 Å². The third-order valence-electron chi connectivity index (χ3n) is 2.90. The predicted octanol–water partition coefficient (Wildman–Crippen LogP) is 3.01. The Kier molecular flexibility index (Phi) is 4.46. The standard InChI is InChI=1S/C13H19F2NO/c1-9-7-11(12(17-4)8-10(9)2)13(14,15)5-6-16-3/h7-8,16H,5-6H2,1-4H3. The minimum atomic E-state index is -2.87. The van der Waals surface area contributed by atoms with E-state index in [0.29, 0.717) is 0 Å². The second kappa shape index (κ2) is 5.45. The van der Waals surface area contributed by atoms with Gasteiger partial charge in [-0.25, -0.2) is 8.78 Å². The summed E-state index contributed by atoms with van der Waals surface area (Å²) in [5, 5.41) is 2.74. The van der Waals surface area contributed by atoms with Gasteiger partial charge in [0, 0.05) is 13.0 Å². The largest absolute Gasteiger partial charge is 0.496 e.